The summed E-state index contributed by atoms with van der Waals surface area (Å²) in [6, 6.07) is 9.36. The van der Waals surface area contributed by atoms with Gasteiger partial charge in [-0.1, -0.05) is 25.5 Å². The Morgan fingerprint density at radius 3 is 2.50 bits per heavy atom. The van der Waals surface area contributed by atoms with Gasteiger partial charge in [-0.25, -0.2) is 0 Å². The second-order valence-corrected chi connectivity index (χ2v) is 5.59. The first-order valence-electron chi connectivity index (χ1n) is 7.26. The van der Waals surface area contributed by atoms with Crippen molar-refractivity contribution in [2.45, 2.75) is 45.1 Å². The van der Waals surface area contributed by atoms with Crippen LogP contribution in [0.3, 0.4) is 0 Å². The highest BCUT2D eigenvalue weighted by Crippen LogP contribution is 2.27. The van der Waals surface area contributed by atoms with Crippen molar-refractivity contribution in [3.8, 4) is 0 Å². The molecule has 1 aromatic carbocycles. The molecule has 0 amide bonds. The van der Waals surface area contributed by atoms with Crippen molar-refractivity contribution in [1.29, 1.82) is 0 Å². The van der Waals surface area contributed by atoms with E-state index in [1.54, 1.807) is 0 Å². The van der Waals surface area contributed by atoms with E-state index in [0.29, 0.717) is 6.04 Å². The van der Waals surface area contributed by atoms with Gasteiger partial charge < -0.3 is 10.6 Å². The predicted octanol–water partition coefficient (Wildman–Crippen LogP) is 3.20. The molecule has 100 valence electrons. The number of benzene rings is 1. The normalized spacial score (nSPS) is 23.3. The van der Waals surface area contributed by atoms with Crippen LogP contribution in [0, 0.1) is 5.92 Å². The van der Waals surface area contributed by atoms with Gasteiger partial charge in [-0.2, -0.15) is 0 Å². The van der Waals surface area contributed by atoms with Crippen molar-refractivity contribution in [3.05, 3.63) is 29.8 Å². The molecule has 0 aromatic heterocycles. The minimum absolute atomic E-state index is 0.445. The predicted molar refractivity (Wildman–Crippen MR) is 79.0 cm³/mol. The number of aryl methyl sites for hydroxylation is 1. The van der Waals surface area contributed by atoms with E-state index in [9.17, 15) is 0 Å². The Morgan fingerprint density at radius 1 is 1.22 bits per heavy atom. The van der Waals surface area contributed by atoms with Crippen LogP contribution in [0.15, 0.2) is 24.3 Å². The molecule has 2 unspecified atom stereocenters. The van der Waals surface area contributed by atoms with Gasteiger partial charge in [0.1, 0.15) is 0 Å². The summed E-state index contributed by atoms with van der Waals surface area (Å²) in [6.45, 7) is 3.31. The van der Waals surface area contributed by atoms with Crippen LogP contribution in [-0.4, -0.2) is 19.6 Å². The van der Waals surface area contributed by atoms with Crippen molar-refractivity contribution in [2.75, 3.05) is 18.5 Å². The standard InChI is InChI=1S/C16H26N2/c1-3-13-7-9-15(10-8-13)18(2)12-11-14-5-4-6-16(14)17/h7-10,14,16H,3-6,11-12,17H2,1-2H3. The van der Waals surface area contributed by atoms with E-state index in [2.05, 4.69) is 43.1 Å². The van der Waals surface area contributed by atoms with Crippen LogP contribution in [-0.2, 0) is 6.42 Å². The molecule has 1 aliphatic carbocycles. The van der Waals surface area contributed by atoms with E-state index in [-0.39, 0.29) is 0 Å². The monoisotopic (exact) mass is 246 g/mol. The van der Waals surface area contributed by atoms with Gasteiger partial charge >= 0.3 is 0 Å². The van der Waals surface area contributed by atoms with Gasteiger partial charge in [0.25, 0.3) is 0 Å². The van der Waals surface area contributed by atoms with E-state index in [4.69, 9.17) is 5.73 Å². The van der Waals surface area contributed by atoms with Crippen LogP contribution < -0.4 is 10.6 Å². The molecule has 1 aromatic rings. The first-order valence-corrected chi connectivity index (χ1v) is 7.26. The molecule has 0 saturated heterocycles. The highest BCUT2D eigenvalue weighted by atomic mass is 15.1. The zero-order valence-electron chi connectivity index (χ0n) is 11.7. The summed E-state index contributed by atoms with van der Waals surface area (Å²) in [5, 5.41) is 0. The van der Waals surface area contributed by atoms with Crippen LogP contribution in [0.2, 0.25) is 0 Å². The molecule has 2 heteroatoms. The quantitative estimate of drug-likeness (QED) is 0.864. The lowest BCUT2D eigenvalue weighted by atomic mass is 10.00. The van der Waals surface area contributed by atoms with E-state index < -0.39 is 0 Å². The summed E-state index contributed by atoms with van der Waals surface area (Å²) in [4.78, 5) is 2.35. The Hall–Kier alpha value is -1.02. The van der Waals surface area contributed by atoms with Crippen LogP contribution in [0.1, 0.15) is 38.2 Å². The van der Waals surface area contributed by atoms with Gasteiger partial charge in [0.2, 0.25) is 0 Å². The molecule has 1 saturated carbocycles. The summed E-state index contributed by atoms with van der Waals surface area (Å²) in [7, 11) is 2.18. The van der Waals surface area contributed by atoms with Gasteiger partial charge in [0.05, 0.1) is 0 Å². The minimum atomic E-state index is 0.445. The number of nitrogens with two attached hydrogens (primary N) is 1. The Labute approximate surface area is 111 Å². The van der Waals surface area contributed by atoms with Gasteiger partial charge in [-0.05, 0) is 49.3 Å². The zero-order chi connectivity index (χ0) is 13.0. The molecule has 0 radical (unpaired) electrons. The second kappa shape index (κ2) is 6.24. The lowest BCUT2D eigenvalue weighted by Gasteiger charge is -2.23. The van der Waals surface area contributed by atoms with Crippen LogP contribution in [0.5, 0.6) is 0 Å². The third kappa shape index (κ3) is 3.26. The maximum Gasteiger partial charge on any atom is 0.0363 e. The van der Waals surface area contributed by atoms with E-state index >= 15 is 0 Å². The van der Waals surface area contributed by atoms with Crippen LogP contribution >= 0.6 is 0 Å². The zero-order valence-corrected chi connectivity index (χ0v) is 11.7. The fourth-order valence-corrected chi connectivity index (χ4v) is 2.90. The largest absolute Gasteiger partial charge is 0.375 e. The highest BCUT2D eigenvalue weighted by molar-refractivity contribution is 5.46. The summed E-state index contributed by atoms with van der Waals surface area (Å²) in [5.41, 5.74) is 8.85. The van der Waals surface area contributed by atoms with Crippen molar-refractivity contribution in [2.24, 2.45) is 11.7 Å². The molecule has 2 N–H and O–H groups in total. The van der Waals surface area contributed by atoms with Crippen molar-refractivity contribution >= 4 is 5.69 Å². The van der Waals surface area contributed by atoms with E-state index in [0.717, 1.165) is 18.9 Å². The average Bonchev–Trinajstić information content (AvgIpc) is 2.81. The number of rotatable bonds is 5. The fourth-order valence-electron chi connectivity index (χ4n) is 2.90. The molecule has 18 heavy (non-hydrogen) atoms. The molecular weight excluding hydrogens is 220 g/mol. The Morgan fingerprint density at radius 2 is 1.94 bits per heavy atom. The lowest BCUT2D eigenvalue weighted by Crippen LogP contribution is -2.28. The molecule has 1 fully saturated rings. The third-order valence-corrected chi connectivity index (χ3v) is 4.34. The maximum absolute atomic E-state index is 6.12. The smallest absolute Gasteiger partial charge is 0.0363 e. The molecular formula is C16H26N2. The summed E-state index contributed by atoms with van der Waals surface area (Å²) < 4.78 is 0. The SMILES string of the molecule is CCc1ccc(N(C)CCC2CCCC2N)cc1. The van der Waals surface area contributed by atoms with Gasteiger partial charge in [-0.3, -0.25) is 0 Å². The van der Waals surface area contributed by atoms with Crippen molar-refractivity contribution in [3.63, 3.8) is 0 Å². The van der Waals surface area contributed by atoms with Gasteiger partial charge in [-0.15, -0.1) is 0 Å². The van der Waals surface area contributed by atoms with E-state index in [1.807, 2.05) is 0 Å². The number of hydrogen-bond acceptors (Lipinski definition) is 2. The molecule has 2 rings (SSSR count). The van der Waals surface area contributed by atoms with Crippen molar-refractivity contribution < 1.29 is 0 Å². The van der Waals surface area contributed by atoms with Gasteiger partial charge in [0.15, 0.2) is 0 Å². The van der Waals surface area contributed by atoms with Gasteiger partial charge in [0, 0.05) is 25.3 Å². The minimum Gasteiger partial charge on any atom is -0.375 e. The summed E-state index contributed by atoms with van der Waals surface area (Å²) >= 11 is 0. The van der Waals surface area contributed by atoms with Crippen LogP contribution in [0.25, 0.3) is 0 Å². The molecule has 0 bridgehead atoms. The molecule has 1 aliphatic rings. The molecule has 0 spiro atoms. The number of anilines is 1. The molecule has 0 aliphatic heterocycles. The first kappa shape index (κ1) is 13.4. The summed E-state index contributed by atoms with van der Waals surface area (Å²) in [5.74, 6) is 0.738. The Kier molecular flexibility index (Phi) is 4.65. The molecule has 2 nitrogen and oxygen atoms in total. The average molecular weight is 246 g/mol. The Bertz CT molecular complexity index is 358. The molecule has 0 heterocycles. The number of nitrogens with zero attached hydrogens (tertiary/aromatic N) is 1. The van der Waals surface area contributed by atoms with Crippen molar-refractivity contribution in [1.82, 2.24) is 0 Å². The fraction of sp³-hybridized carbons (Fsp3) is 0.625. The highest BCUT2D eigenvalue weighted by Gasteiger charge is 2.23. The lowest BCUT2D eigenvalue weighted by molar-refractivity contribution is 0.449. The number of hydrogen-bond donors (Lipinski definition) is 1. The summed E-state index contributed by atoms with van der Waals surface area (Å²) in [6.07, 6.45) is 6.21. The molecule has 2 atom stereocenters. The van der Waals surface area contributed by atoms with Crippen LogP contribution in [0.4, 0.5) is 5.69 Å². The first-order chi connectivity index (χ1) is 8.70. The maximum atomic E-state index is 6.12. The Balaban J connectivity index is 1.84. The second-order valence-electron chi connectivity index (χ2n) is 5.59. The van der Waals surface area contributed by atoms with E-state index in [1.165, 1.54) is 36.9 Å². The third-order valence-electron chi connectivity index (χ3n) is 4.34. The topological polar surface area (TPSA) is 29.3 Å².